The second-order valence-corrected chi connectivity index (χ2v) is 5.46. The monoisotopic (exact) mass is 264 g/mol. The van der Waals surface area contributed by atoms with E-state index in [1.807, 2.05) is 13.0 Å². The summed E-state index contributed by atoms with van der Waals surface area (Å²) in [6, 6.07) is 4.76. The molecule has 4 heteroatoms. The number of likely N-dealkylation sites (N-methyl/N-ethyl adjacent to an activating group) is 1. The molecule has 1 aliphatic rings. The maximum Gasteiger partial charge on any atom is 0.239 e. The van der Waals surface area contributed by atoms with Gasteiger partial charge in [0.15, 0.2) is 0 Å². The summed E-state index contributed by atoms with van der Waals surface area (Å²) in [5.41, 5.74) is 2.14. The van der Waals surface area contributed by atoms with Gasteiger partial charge in [-0.1, -0.05) is 6.07 Å². The number of carbonyl (C=O) groups is 1. The Balaban J connectivity index is 2.17. The SMILES string of the molecule is Cc1ccc(F)cc1C1CCNC(C(=O)N(C)C)C1. The molecule has 0 spiro atoms. The van der Waals surface area contributed by atoms with Gasteiger partial charge in [-0.15, -0.1) is 0 Å². The maximum absolute atomic E-state index is 13.4. The second-order valence-electron chi connectivity index (χ2n) is 5.46. The number of benzene rings is 1. The average molecular weight is 264 g/mol. The van der Waals surface area contributed by atoms with Gasteiger partial charge < -0.3 is 10.2 Å². The molecule has 1 aromatic rings. The van der Waals surface area contributed by atoms with Crippen LogP contribution in [0, 0.1) is 12.7 Å². The van der Waals surface area contributed by atoms with Crippen molar-refractivity contribution in [2.24, 2.45) is 0 Å². The number of nitrogens with one attached hydrogen (secondary N) is 1. The summed E-state index contributed by atoms with van der Waals surface area (Å²) in [5, 5.41) is 3.25. The van der Waals surface area contributed by atoms with Crippen LogP contribution in [0.25, 0.3) is 0 Å². The Kier molecular flexibility index (Phi) is 4.20. The third-order valence-corrected chi connectivity index (χ3v) is 3.82. The molecule has 3 nitrogen and oxygen atoms in total. The van der Waals surface area contributed by atoms with E-state index < -0.39 is 0 Å². The van der Waals surface area contributed by atoms with Crippen molar-refractivity contribution in [2.75, 3.05) is 20.6 Å². The average Bonchev–Trinajstić information content (AvgIpc) is 2.40. The smallest absolute Gasteiger partial charge is 0.239 e. The maximum atomic E-state index is 13.4. The summed E-state index contributed by atoms with van der Waals surface area (Å²) >= 11 is 0. The van der Waals surface area contributed by atoms with Gasteiger partial charge in [-0.25, -0.2) is 4.39 Å². The Hall–Kier alpha value is -1.42. The van der Waals surface area contributed by atoms with Crippen molar-refractivity contribution in [1.82, 2.24) is 10.2 Å². The number of piperidine rings is 1. The first kappa shape index (κ1) is 14.0. The molecular formula is C15H21FN2O. The first-order valence-electron chi connectivity index (χ1n) is 6.69. The summed E-state index contributed by atoms with van der Waals surface area (Å²) in [7, 11) is 3.53. The molecule has 0 radical (unpaired) electrons. The molecule has 1 aromatic carbocycles. The summed E-state index contributed by atoms with van der Waals surface area (Å²) in [4.78, 5) is 13.6. The molecule has 1 amide bonds. The van der Waals surface area contributed by atoms with Crippen molar-refractivity contribution < 1.29 is 9.18 Å². The van der Waals surface area contributed by atoms with Crippen molar-refractivity contribution in [3.8, 4) is 0 Å². The lowest BCUT2D eigenvalue weighted by atomic mass is 9.84. The minimum absolute atomic E-state index is 0.0961. The Bertz CT molecular complexity index is 473. The van der Waals surface area contributed by atoms with Gasteiger partial charge in [0.1, 0.15) is 5.82 Å². The number of carbonyl (C=O) groups excluding carboxylic acids is 1. The lowest BCUT2D eigenvalue weighted by Gasteiger charge is -2.32. The zero-order chi connectivity index (χ0) is 14.0. The molecule has 1 saturated heterocycles. The molecule has 19 heavy (non-hydrogen) atoms. The molecule has 2 atom stereocenters. The molecular weight excluding hydrogens is 243 g/mol. The number of rotatable bonds is 2. The highest BCUT2D eigenvalue weighted by Crippen LogP contribution is 2.30. The predicted octanol–water partition coefficient (Wildman–Crippen LogP) is 2.06. The first-order valence-corrected chi connectivity index (χ1v) is 6.69. The Morgan fingerprint density at radius 1 is 1.42 bits per heavy atom. The lowest BCUT2D eigenvalue weighted by molar-refractivity contribution is -0.131. The van der Waals surface area contributed by atoms with Crippen LogP contribution in [0.3, 0.4) is 0 Å². The highest BCUT2D eigenvalue weighted by atomic mass is 19.1. The van der Waals surface area contributed by atoms with Gasteiger partial charge in [-0.05, 0) is 55.5 Å². The zero-order valence-corrected chi connectivity index (χ0v) is 11.7. The third kappa shape index (κ3) is 3.13. The summed E-state index contributed by atoms with van der Waals surface area (Å²) in [5.74, 6) is 0.152. The molecule has 2 unspecified atom stereocenters. The van der Waals surface area contributed by atoms with E-state index in [9.17, 15) is 9.18 Å². The molecule has 1 aliphatic heterocycles. The van der Waals surface area contributed by atoms with Gasteiger partial charge in [-0.2, -0.15) is 0 Å². The van der Waals surface area contributed by atoms with Crippen molar-refractivity contribution in [3.05, 3.63) is 35.1 Å². The molecule has 0 bridgehead atoms. The van der Waals surface area contributed by atoms with Gasteiger partial charge in [0.05, 0.1) is 6.04 Å². The van der Waals surface area contributed by atoms with E-state index in [2.05, 4.69) is 5.32 Å². The topological polar surface area (TPSA) is 32.3 Å². The predicted molar refractivity (Wildman–Crippen MR) is 73.6 cm³/mol. The van der Waals surface area contributed by atoms with Crippen LogP contribution >= 0.6 is 0 Å². The molecule has 0 saturated carbocycles. The summed E-state index contributed by atoms with van der Waals surface area (Å²) in [6.45, 7) is 2.80. The van der Waals surface area contributed by atoms with Gasteiger partial charge >= 0.3 is 0 Å². The van der Waals surface area contributed by atoms with Crippen LogP contribution in [0.15, 0.2) is 18.2 Å². The molecule has 2 rings (SSSR count). The highest BCUT2D eigenvalue weighted by molar-refractivity contribution is 5.81. The number of halogens is 1. The quantitative estimate of drug-likeness (QED) is 0.886. The van der Waals surface area contributed by atoms with Crippen molar-refractivity contribution in [2.45, 2.75) is 31.7 Å². The summed E-state index contributed by atoms with van der Waals surface area (Å²) in [6.07, 6.45) is 1.68. The molecule has 0 aromatic heterocycles. The number of hydrogen-bond acceptors (Lipinski definition) is 2. The fraction of sp³-hybridized carbons (Fsp3) is 0.533. The number of amides is 1. The highest BCUT2D eigenvalue weighted by Gasteiger charge is 2.29. The molecule has 1 heterocycles. The van der Waals surface area contributed by atoms with Crippen LogP contribution < -0.4 is 5.32 Å². The van der Waals surface area contributed by atoms with Gasteiger partial charge in [0.25, 0.3) is 0 Å². The van der Waals surface area contributed by atoms with Crippen LogP contribution in [0.1, 0.15) is 29.9 Å². The van der Waals surface area contributed by atoms with Crippen molar-refractivity contribution >= 4 is 5.91 Å². The van der Waals surface area contributed by atoms with E-state index in [4.69, 9.17) is 0 Å². The van der Waals surface area contributed by atoms with E-state index in [-0.39, 0.29) is 23.7 Å². The Morgan fingerprint density at radius 2 is 2.16 bits per heavy atom. The van der Waals surface area contributed by atoms with Gasteiger partial charge in [-0.3, -0.25) is 4.79 Å². The minimum atomic E-state index is -0.199. The molecule has 1 fully saturated rings. The minimum Gasteiger partial charge on any atom is -0.347 e. The van der Waals surface area contributed by atoms with Crippen LogP contribution in [0.2, 0.25) is 0 Å². The fourth-order valence-electron chi connectivity index (χ4n) is 2.75. The van der Waals surface area contributed by atoms with Crippen molar-refractivity contribution in [3.63, 3.8) is 0 Å². The molecule has 1 N–H and O–H groups in total. The van der Waals surface area contributed by atoms with E-state index in [0.717, 1.165) is 30.5 Å². The largest absolute Gasteiger partial charge is 0.347 e. The normalized spacial score (nSPS) is 23.2. The number of nitrogens with zero attached hydrogens (tertiary/aromatic N) is 1. The standard InChI is InChI=1S/C15H21FN2O/c1-10-4-5-12(16)9-13(10)11-6-7-17-14(8-11)15(19)18(2)3/h4-5,9,11,14,17H,6-8H2,1-3H3. The lowest BCUT2D eigenvalue weighted by Crippen LogP contribution is -2.47. The van der Waals surface area contributed by atoms with Crippen molar-refractivity contribution in [1.29, 1.82) is 0 Å². The third-order valence-electron chi connectivity index (χ3n) is 3.82. The van der Waals surface area contributed by atoms with Crippen LogP contribution in [-0.4, -0.2) is 37.5 Å². The van der Waals surface area contributed by atoms with Gasteiger partial charge in [0.2, 0.25) is 5.91 Å². The second kappa shape index (κ2) is 5.70. The van der Waals surface area contributed by atoms with Gasteiger partial charge in [0, 0.05) is 14.1 Å². The molecule has 0 aliphatic carbocycles. The van der Waals surface area contributed by atoms with Crippen LogP contribution in [0.5, 0.6) is 0 Å². The fourth-order valence-corrected chi connectivity index (χ4v) is 2.75. The Morgan fingerprint density at radius 3 is 2.84 bits per heavy atom. The van der Waals surface area contributed by atoms with E-state index in [1.165, 1.54) is 6.07 Å². The van der Waals surface area contributed by atoms with Crippen LogP contribution in [-0.2, 0) is 4.79 Å². The van der Waals surface area contributed by atoms with Crippen LogP contribution in [0.4, 0.5) is 4.39 Å². The first-order chi connectivity index (χ1) is 8.99. The van der Waals surface area contributed by atoms with E-state index >= 15 is 0 Å². The number of hydrogen-bond donors (Lipinski definition) is 1. The zero-order valence-electron chi connectivity index (χ0n) is 11.7. The van der Waals surface area contributed by atoms with E-state index in [0.29, 0.717) is 0 Å². The Labute approximate surface area is 113 Å². The molecule has 104 valence electrons. The summed E-state index contributed by atoms with van der Waals surface area (Å²) < 4.78 is 13.4. The number of aryl methyl sites for hydroxylation is 1. The van der Waals surface area contributed by atoms with E-state index in [1.54, 1.807) is 25.1 Å².